The standard InChI is InChI=1S/C29H41NO3S/c1-7-25(12-10-8-9-11-13-28(31)33-29(4,5)6)32-26-18-23(20-30)17-24(19-26)27-15-14-21(2)16-22(3)34-27/h15-19,21,25H,7-14H2,1-6H3/t21?,25-/m1/s1. The molecule has 0 spiro atoms. The molecule has 0 amide bonds. The summed E-state index contributed by atoms with van der Waals surface area (Å²) in [5, 5.41) is 9.57. The van der Waals surface area contributed by atoms with E-state index in [2.05, 4.69) is 45.1 Å². The summed E-state index contributed by atoms with van der Waals surface area (Å²) in [5.74, 6) is 1.18. The number of thioether (sulfide) groups is 1. The van der Waals surface area contributed by atoms with Crippen molar-refractivity contribution in [1.29, 1.82) is 5.26 Å². The molecule has 4 nitrogen and oxygen atoms in total. The minimum Gasteiger partial charge on any atom is -0.490 e. The Balaban J connectivity index is 1.89. The molecular formula is C29H41NO3S. The molecule has 2 rings (SSSR count). The van der Waals surface area contributed by atoms with Gasteiger partial charge in [-0.1, -0.05) is 50.6 Å². The number of esters is 1. The van der Waals surface area contributed by atoms with Crippen molar-refractivity contribution in [3.05, 3.63) is 46.4 Å². The average Bonchev–Trinajstić information content (AvgIpc) is 2.93. The number of benzene rings is 1. The second-order valence-electron chi connectivity index (χ2n) is 10.2. The third kappa shape index (κ3) is 10.4. The molecule has 186 valence electrons. The van der Waals surface area contributed by atoms with Crippen molar-refractivity contribution in [2.24, 2.45) is 5.92 Å². The summed E-state index contributed by atoms with van der Waals surface area (Å²) in [4.78, 5) is 14.3. The SMILES string of the molecule is CC[C@H](CCCCCCC(=O)OC(C)(C)C)Oc1cc(C#N)cc(C2=CCC(C)C=C(C)S2)c1. The van der Waals surface area contributed by atoms with Crippen molar-refractivity contribution >= 4 is 22.6 Å². The topological polar surface area (TPSA) is 59.3 Å². The number of carbonyl (C=O) groups excluding carboxylic acids is 1. The van der Waals surface area contributed by atoms with Crippen molar-refractivity contribution < 1.29 is 14.3 Å². The second kappa shape index (κ2) is 13.6. The van der Waals surface area contributed by atoms with Gasteiger partial charge in [0.25, 0.3) is 0 Å². The third-order valence-corrected chi connectivity index (χ3v) is 6.70. The van der Waals surface area contributed by atoms with Crippen LogP contribution in [0.25, 0.3) is 4.91 Å². The highest BCUT2D eigenvalue weighted by Gasteiger charge is 2.16. The van der Waals surface area contributed by atoms with Crippen LogP contribution in [0.5, 0.6) is 5.75 Å². The molecular weight excluding hydrogens is 442 g/mol. The zero-order valence-corrected chi connectivity index (χ0v) is 22.6. The molecule has 0 aliphatic carbocycles. The molecule has 0 radical (unpaired) electrons. The van der Waals surface area contributed by atoms with Crippen molar-refractivity contribution in [3.8, 4) is 11.8 Å². The van der Waals surface area contributed by atoms with Gasteiger partial charge in [0.15, 0.2) is 0 Å². The zero-order valence-electron chi connectivity index (χ0n) is 21.8. The predicted octanol–water partition coefficient (Wildman–Crippen LogP) is 8.42. The van der Waals surface area contributed by atoms with Crippen molar-refractivity contribution in [3.63, 3.8) is 0 Å². The summed E-state index contributed by atoms with van der Waals surface area (Å²) in [6.07, 6.45) is 12.1. The van der Waals surface area contributed by atoms with Crippen molar-refractivity contribution in [2.75, 3.05) is 0 Å². The molecule has 1 aromatic rings. The maximum Gasteiger partial charge on any atom is 0.306 e. The number of hydrogen-bond acceptors (Lipinski definition) is 5. The third-order valence-electron chi connectivity index (χ3n) is 5.62. The number of rotatable bonds is 11. The van der Waals surface area contributed by atoms with Crippen LogP contribution in [0, 0.1) is 17.2 Å². The summed E-state index contributed by atoms with van der Waals surface area (Å²) in [6, 6.07) is 8.18. The summed E-state index contributed by atoms with van der Waals surface area (Å²) in [7, 11) is 0. The summed E-state index contributed by atoms with van der Waals surface area (Å²) in [5.41, 5.74) is 1.27. The summed E-state index contributed by atoms with van der Waals surface area (Å²) >= 11 is 1.77. The lowest BCUT2D eigenvalue weighted by Gasteiger charge is -2.20. The Bertz CT molecular complexity index is 920. The quantitative estimate of drug-likeness (QED) is 0.233. The summed E-state index contributed by atoms with van der Waals surface area (Å²) in [6.45, 7) is 12.2. The maximum absolute atomic E-state index is 11.8. The van der Waals surface area contributed by atoms with E-state index < -0.39 is 5.60 Å². The number of hydrogen-bond donors (Lipinski definition) is 0. The molecule has 1 aliphatic heterocycles. The Morgan fingerprint density at radius 3 is 2.62 bits per heavy atom. The van der Waals surface area contributed by atoms with Gasteiger partial charge in [-0.05, 0) is 94.4 Å². The van der Waals surface area contributed by atoms with E-state index in [0.29, 0.717) is 17.9 Å². The Kier molecular flexibility index (Phi) is 11.2. The Morgan fingerprint density at radius 2 is 1.94 bits per heavy atom. The van der Waals surface area contributed by atoms with E-state index in [1.807, 2.05) is 32.9 Å². The minimum absolute atomic E-state index is 0.113. The second-order valence-corrected chi connectivity index (χ2v) is 11.5. The van der Waals surface area contributed by atoms with Crippen LogP contribution in [0.3, 0.4) is 0 Å². The number of allylic oxidation sites excluding steroid dienone is 3. The number of unbranched alkanes of at least 4 members (excludes halogenated alkanes) is 3. The predicted molar refractivity (Wildman–Crippen MR) is 143 cm³/mol. The molecule has 1 aliphatic rings. The van der Waals surface area contributed by atoms with Gasteiger partial charge >= 0.3 is 5.97 Å². The van der Waals surface area contributed by atoms with Crippen LogP contribution in [-0.4, -0.2) is 17.7 Å². The van der Waals surface area contributed by atoms with Crippen LogP contribution in [0.15, 0.2) is 35.3 Å². The zero-order chi connectivity index (χ0) is 25.1. The van der Waals surface area contributed by atoms with Crippen LogP contribution in [0.4, 0.5) is 0 Å². The van der Waals surface area contributed by atoms with E-state index in [4.69, 9.17) is 9.47 Å². The number of carbonyl (C=O) groups is 1. The van der Waals surface area contributed by atoms with Gasteiger partial charge in [-0.3, -0.25) is 4.79 Å². The molecule has 1 heterocycles. The first-order valence-corrected chi connectivity index (χ1v) is 13.4. The molecule has 0 fully saturated rings. The van der Waals surface area contributed by atoms with Gasteiger partial charge in [0.05, 0.1) is 17.7 Å². The number of nitriles is 1. The first-order valence-electron chi connectivity index (χ1n) is 12.6. The fraction of sp³-hybridized carbons (Fsp3) is 0.586. The molecule has 0 saturated heterocycles. The van der Waals surface area contributed by atoms with E-state index in [0.717, 1.165) is 56.3 Å². The highest BCUT2D eigenvalue weighted by atomic mass is 32.2. The van der Waals surface area contributed by atoms with E-state index in [1.54, 1.807) is 11.8 Å². The first kappa shape index (κ1) is 28.1. The lowest BCUT2D eigenvalue weighted by atomic mass is 10.0. The van der Waals surface area contributed by atoms with Crippen LogP contribution >= 0.6 is 11.8 Å². The van der Waals surface area contributed by atoms with E-state index in [1.165, 1.54) is 9.81 Å². The normalized spacial score (nSPS) is 17.1. The summed E-state index contributed by atoms with van der Waals surface area (Å²) < 4.78 is 11.7. The highest BCUT2D eigenvalue weighted by Crippen LogP contribution is 2.39. The van der Waals surface area contributed by atoms with Gasteiger partial charge in [0, 0.05) is 11.3 Å². The van der Waals surface area contributed by atoms with Crippen LogP contribution in [0.2, 0.25) is 0 Å². The fourth-order valence-corrected chi connectivity index (χ4v) is 5.05. The average molecular weight is 484 g/mol. The van der Waals surface area contributed by atoms with E-state index in [-0.39, 0.29) is 12.1 Å². The van der Waals surface area contributed by atoms with E-state index in [9.17, 15) is 10.1 Å². The van der Waals surface area contributed by atoms with Crippen molar-refractivity contribution in [2.45, 2.75) is 105 Å². The van der Waals surface area contributed by atoms with E-state index >= 15 is 0 Å². The Hall–Kier alpha value is -2.19. The maximum atomic E-state index is 11.8. The molecule has 1 aromatic carbocycles. The monoisotopic (exact) mass is 483 g/mol. The Morgan fingerprint density at radius 1 is 1.21 bits per heavy atom. The van der Waals surface area contributed by atoms with Gasteiger partial charge in [-0.25, -0.2) is 0 Å². The molecule has 5 heteroatoms. The van der Waals surface area contributed by atoms with Gasteiger partial charge in [-0.2, -0.15) is 5.26 Å². The fourth-order valence-electron chi connectivity index (χ4n) is 3.99. The molecule has 0 bridgehead atoms. The lowest BCUT2D eigenvalue weighted by Crippen LogP contribution is -2.23. The van der Waals surface area contributed by atoms with Gasteiger partial charge < -0.3 is 9.47 Å². The van der Waals surface area contributed by atoms with Crippen molar-refractivity contribution in [1.82, 2.24) is 0 Å². The van der Waals surface area contributed by atoms with Gasteiger partial charge in [-0.15, -0.1) is 0 Å². The molecule has 34 heavy (non-hydrogen) atoms. The molecule has 0 aromatic heterocycles. The van der Waals surface area contributed by atoms with Crippen LogP contribution < -0.4 is 4.74 Å². The Labute approximate surface area is 210 Å². The molecule has 0 saturated carbocycles. The molecule has 0 N–H and O–H groups in total. The lowest BCUT2D eigenvalue weighted by molar-refractivity contribution is -0.154. The number of nitrogens with zero attached hydrogens (tertiary/aromatic N) is 1. The number of ether oxygens (including phenoxy) is 2. The molecule has 1 unspecified atom stereocenters. The minimum atomic E-state index is -0.412. The van der Waals surface area contributed by atoms with Crippen LogP contribution in [-0.2, 0) is 9.53 Å². The van der Waals surface area contributed by atoms with Gasteiger partial charge in [0.1, 0.15) is 11.4 Å². The molecule has 2 atom stereocenters. The highest BCUT2D eigenvalue weighted by molar-refractivity contribution is 8.11. The van der Waals surface area contributed by atoms with Crippen LogP contribution in [0.1, 0.15) is 104 Å². The van der Waals surface area contributed by atoms with Gasteiger partial charge in [0.2, 0.25) is 0 Å². The largest absolute Gasteiger partial charge is 0.490 e. The first-order chi connectivity index (χ1) is 16.1. The smallest absolute Gasteiger partial charge is 0.306 e.